The SMILES string of the molecule is CC(C)Cn1cnnc1CC(N)C(C)(C)C. The van der Waals surface area contributed by atoms with Crippen LogP contribution in [-0.4, -0.2) is 20.8 Å². The van der Waals surface area contributed by atoms with E-state index in [1.165, 1.54) is 0 Å². The molecule has 1 aromatic rings. The summed E-state index contributed by atoms with van der Waals surface area (Å²) in [4.78, 5) is 0. The number of rotatable bonds is 4. The summed E-state index contributed by atoms with van der Waals surface area (Å²) in [5, 5.41) is 8.12. The van der Waals surface area contributed by atoms with Gasteiger partial charge in [0.25, 0.3) is 0 Å². The number of aromatic nitrogens is 3. The molecule has 92 valence electrons. The van der Waals surface area contributed by atoms with E-state index in [-0.39, 0.29) is 11.5 Å². The molecule has 1 atom stereocenters. The molecule has 0 bridgehead atoms. The van der Waals surface area contributed by atoms with Gasteiger partial charge in [-0.05, 0) is 11.3 Å². The Kier molecular flexibility index (Phi) is 4.08. The van der Waals surface area contributed by atoms with Gasteiger partial charge in [0.15, 0.2) is 0 Å². The molecule has 0 amide bonds. The van der Waals surface area contributed by atoms with Gasteiger partial charge in [-0.2, -0.15) is 0 Å². The van der Waals surface area contributed by atoms with E-state index in [9.17, 15) is 0 Å². The Morgan fingerprint density at radius 1 is 1.38 bits per heavy atom. The third kappa shape index (κ3) is 3.59. The summed E-state index contributed by atoms with van der Waals surface area (Å²) in [7, 11) is 0. The zero-order valence-electron chi connectivity index (χ0n) is 11.1. The van der Waals surface area contributed by atoms with Crippen molar-refractivity contribution in [2.24, 2.45) is 17.1 Å². The minimum Gasteiger partial charge on any atom is -0.327 e. The van der Waals surface area contributed by atoms with Crippen molar-refractivity contribution < 1.29 is 0 Å². The van der Waals surface area contributed by atoms with E-state index in [1.54, 1.807) is 6.33 Å². The zero-order chi connectivity index (χ0) is 12.3. The Bertz CT molecular complexity index is 322. The third-order valence-electron chi connectivity index (χ3n) is 2.77. The van der Waals surface area contributed by atoms with Crippen LogP contribution in [0.1, 0.15) is 40.4 Å². The quantitative estimate of drug-likeness (QED) is 0.849. The Balaban J connectivity index is 2.70. The molecule has 1 unspecified atom stereocenters. The molecular weight excluding hydrogens is 200 g/mol. The van der Waals surface area contributed by atoms with Crippen LogP contribution < -0.4 is 5.73 Å². The maximum atomic E-state index is 6.16. The van der Waals surface area contributed by atoms with Gasteiger partial charge in [-0.1, -0.05) is 34.6 Å². The molecule has 1 rings (SSSR count). The lowest BCUT2D eigenvalue weighted by molar-refractivity contribution is 0.311. The molecule has 1 aromatic heterocycles. The molecule has 1 heterocycles. The van der Waals surface area contributed by atoms with Gasteiger partial charge in [0, 0.05) is 19.0 Å². The Morgan fingerprint density at radius 3 is 2.50 bits per heavy atom. The Labute approximate surface area is 98.2 Å². The second-order valence-corrected chi connectivity index (χ2v) is 5.97. The second kappa shape index (κ2) is 4.95. The highest BCUT2D eigenvalue weighted by atomic mass is 15.3. The van der Waals surface area contributed by atoms with Gasteiger partial charge in [-0.15, -0.1) is 10.2 Å². The van der Waals surface area contributed by atoms with Crippen LogP contribution in [0.4, 0.5) is 0 Å². The van der Waals surface area contributed by atoms with Crippen molar-refractivity contribution >= 4 is 0 Å². The van der Waals surface area contributed by atoms with Crippen molar-refractivity contribution in [3.05, 3.63) is 12.2 Å². The predicted octanol–water partition coefficient (Wildman–Crippen LogP) is 1.85. The van der Waals surface area contributed by atoms with Crippen molar-refractivity contribution in [2.45, 2.75) is 53.6 Å². The lowest BCUT2D eigenvalue weighted by Crippen LogP contribution is -2.37. The van der Waals surface area contributed by atoms with Gasteiger partial charge in [0.05, 0.1) is 0 Å². The Morgan fingerprint density at radius 2 is 2.00 bits per heavy atom. The summed E-state index contributed by atoms with van der Waals surface area (Å²) in [6.45, 7) is 11.8. The minimum absolute atomic E-state index is 0.106. The average Bonchev–Trinajstić information content (AvgIpc) is 2.50. The topological polar surface area (TPSA) is 56.7 Å². The number of nitrogens with two attached hydrogens (primary N) is 1. The van der Waals surface area contributed by atoms with Gasteiger partial charge < -0.3 is 10.3 Å². The van der Waals surface area contributed by atoms with Gasteiger partial charge in [-0.25, -0.2) is 0 Å². The summed E-state index contributed by atoms with van der Waals surface area (Å²) >= 11 is 0. The van der Waals surface area contributed by atoms with Crippen LogP contribution in [0.2, 0.25) is 0 Å². The van der Waals surface area contributed by atoms with E-state index in [2.05, 4.69) is 49.4 Å². The third-order valence-corrected chi connectivity index (χ3v) is 2.77. The lowest BCUT2D eigenvalue weighted by Gasteiger charge is -2.26. The van der Waals surface area contributed by atoms with Gasteiger partial charge in [0.1, 0.15) is 12.2 Å². The fraction of sp³-hybridized carbons (Fsp3) is 0.833. The Hall–Kier alpha value is -0.900. The predicted molar refractivity (Wildman–Crippen MR) is 66.0 cm³/mol. The minimum atomic E-state index is 0.106. The van der Waals surface area contributed by atoms with Crippen molar-refractivity contribution in [2.75, 3.05) is 0 Å². The lowest BCUT2D eigenvalue weighted by atomic mass is 9.85. The molecule has 0 spiro atoms. The smallest absolute Gasteiger partial charge is 0.134 e. The molecule has 0 saturated carbocycles. The monoisotopic (exact) mass is 224 g/mol. The molecule has 0 saturated heterocycles. The highest BCUT2D eigenvalue weighted by Crippen LogP contribution is 2.20. The molecule has 0 aliphatic carbocycles. The molecule has 0 fully saturated rings. The summed E-state index contributed by atoms with van der Waals surface area (Å²) < 4.78 is 2.11. The van der Waals surface area contributed by atoms with Crippen LogP contribution in [0.25, 0.3) is 0 Å². The van der Waals surface area contributed by atoms with Gasteiger partial charge in [0.2, 0.25) is 0 Å². The first-order chi connectivity index (χ1) is 7.30. The highest BCUT2D eigenvalue weighted by molar-refractivity contribution is 4.93. The molecule has 4 heteroatoms. The fourth-order valence-electron chi connectivity index (χ4n) is 1.49. The van der Waals surface area contributed by atoms with E-state index in [1.807, 2.05) is 0 Å². The molecule has 0 aromatic carbocycles. The average molecular weight is 224 g/mol. The van der Waals surface area contributed by atoms with Crippen LogP contribution in [0.15, 0.2) is 6.33 Å². The standard InChI is InChI=1S/C12H24N4/c1-9(2)7-16-8-14-15-11(16)6-10(13)12(3,4)5/h8-10H,6-7,13H2,1-5H3. The van der Waals surface area contributed by atoms with Crippen LogP contribution in [0.3, 0.4) is 0 Å². The normalized spacial score (nSPS) is 14.4. The van der Waals surface area contributed by atoms with E-state index in [4.69, 9.17) is 5.73 Å². The van der Waals surface area contributed by atoms with Crippen LogP contribution in [0.5, 0.6) is 0 Å². The highest BCUT2D eigenvalue weighted by Gasteiger charge is 2.22. The molecular formula is C12H24N4. The van der Waals surface area contributed by atoms with Crippen molar-refractivity contribution in [3.8, 4) is 0 Å². The summed E-state index contributed by atoms with van der Waals surface area (Å²) in [6.07, 6.45) is 2.58. The van der Waals surface area contributed by atoms with E-state index >= 15 is 0 Å². The van der Waals surface area contributed by atoms with Gasteiger partial charge >= 0.3 is 0 Å². The molecule has 0 aliphatic heterocycles. The number of hydrogen-bond donors (Lipinski definition) is 1. The number of nitrogens with zero attached hydrogens (tertiary/aromatic N) is 3. The summed E-state index contributed by atoms with van der Waals surface area (Å²) in [5.41, 5.74) is 6.27. The molecule has 0 aliphatic rings. The molecule has 4 nitrogen and oxygen atoms in total. The maximum Gasteiger partial charge on any atom is 0.134 e. The first-order valence-electron chi connectivity index (χ1n) is 5.93. The van der Waals surface area contributed by atoms with Crippen molar-refractivity contribution in [1.82, 2.24) is 14.8 Å². The van der Waals surface area contributed by atoms with Crippen LogP contribution in [0, 0.1) is 11.3 Å². The first kappa shape index (κ1) is 13.2. The van der Waals surface area contributed by atoms with Crippen molar-refractivity contribution in [1.29, 1.82) is 0 Å². The van der Waals surface area contributed by atoms with Crippen molar-refractivity contribution in [3.63, 3.8) is 0 Å². The summed E-state index contributed by atoms with van der Waals surface area (Å²) in [6, 6.07) is 0.114. The molecule has 0 radical (unpaired) electrons. The zero-order valence-corrected chi connectivity index (χ0v) is 11.1. The molecule has 16 heavy (non-hydrogen) atoms. The van der Waals surface area contributed by atoms with E-state index < -0.39 is 0 Å². The van der Waals surface area contributed by atoms with Crippen LogP contribution in [-0.2, 0) is 13.0 Å². The van der Waals surface area contributed by atoms with E-state index in [0.29, 0.717) is 5.92 Å². The largest absolute Gasteiger partial charge is 0.327 e. The summed E-state index contributed by atoms with van der Waals surface area (Å²) in [5.74, 6) is 1.59. The fourth-order valence-corrected chi connectivity index (χ4v) is 1.49. The maximum absolute atomic E-state index is 6.16. The van der Waals surface area contributed by atoms with E-state index in [0.717, 1.165) is 18.8 Å². The molecule has 2 N–H and O–H groups in total. The number of hydrogen-bond acceptors (Lipinski definition) is 3. The second-order valence-electron chi connectivity index (χ2n) is 5.97. The first-order valence-corrected chi connectivity index (χ1v) is 5.93. The van der Waals surface area contributed by atoms with Crippen LogP contribution >= 0.6 is 0 Å². The van der Waals surface area contributed by atoms with Gasteiger partial charge in [-0.3, -0.25) is 0 Å².